The third-order valence-electron chi connectivity index (χ3n) is 3.95. The van der Waals surface area contributed by atoms with Crippen molar-refractivity contribution in [3.8, 4) is 11.4 Å². The number of hydrogen-bond donors (Lipinski definition) is 1. The molecule has 0 spiro atoms. The van der Waals surface area contributed by atoms with Crippen molar-refractivity contribution < 1.29 is 18.0 Å². The first-order valence-electron chi connectivity index (χ1n) is 8.24. The zero-order valence-corrected chi connectivity index (χ0v) is 16.1. The van der Waals surface area contributed by atoms with Crippen LogP contribution in [0.2, 0.25) is 0 Å². The maximum atomic E-state index is 12.4. The fourth-order valence-electron chi connectivity index (χ4n) is 2.34. The van der Waals surface area contributed by atoms with Crippen molar-refractivity contribution in [1.82, 2.24) is 14.4 Å². The van der Waals surface area contributed by atoms with Crippen molar-refractivity contribution >= 4 is 21.6 Å². The molecule has 1 N–H and O–H groups in total. The smallest absolute Gasteiger partial charge is 0.264 e. The van der Waals surface area contributed by atoms with E-state index in [2.05, 4.69) is 15.3 Å². The minimum atomic E-state index is -3.74. The van der Waals surface area contributed by atoms with E-state index in [0.717, 1.165) is 10.0 Å². The topological polar surface area (TPSA) is 101 Å². The lowest BCUT2D eigenvalue weighted by Gasteiger charge is -2.14. The summed E-state index contributed by atoms with van der Waals surface area (Å²) in [5.41, 5.74) is 1.58. The number of anilines is 1. The van der Waals surface area contributed by atoms with Gasteiger partial charge in [-0.15, -0.1) is 0 Å². The summed E-state index contributed by atoms with van der Waals surface area (Å²) in [7, 11) is -1.18. The number of sulfonamides is 1. The predicted octanol–water partition coefficient (Wildman–Crippen LogP) is 2.58. The second-order valence-corrected chi connectivity index (χ2v) is 7.67. The summed E-state index contributed by atoms with van der Waals surface area (Å²) >= 11 is 0. The van der Waals surface area contributed by atoms with Crippen LogP contribution >= 0.6 is 0 Å². The number of nitrogens with one attached hydrogen (secondary N) is 1. The largest absolute Gasteiger partial charge is 0.322 e. The molecule has 2 aromatic carbocycles. The molecule has 0 aliphatic heterocycles. The average molecular weight is 398 g/mol. The molecule has 8 nitrogen and oxygen atoms in total. The summed E-state index contributed by atoms with van der Waals surface area (Å²) in [5.74, 6) is 0.123. The number of rotatable bonds is 6. The van der Waals surface area contributed by atoms with Crippen LogP contribution in [0.5, 0.6) is 0 Å². The zero-order valence-electron chi connectivity index (χ0n) is 15.2. The molecule has 144 valence electrons. The lowest BCUT2D eigenvalue weighted by atomic mass is 10.2. The van der Waals surface area contributed by atoms with E-state index < -0.39 is 15.9 Å². The molecule has 28 heavy (non-hydrogen) atoms. The number of hydroxylamine groups is 1. The Morgan fingerprint density at radius 3 is 2.18 bits per heavy atom. The second kappa shape index (κ2) is 8.26. The monoisotopic (exact) mass is 398 g/mol. The van der Waals surface area contributed by atoms with Gasteiger partial charge in [-0.25, -0.2) is 18.4 Å². The summed E-state index contributed by atoms with van der Waals surface area (Å²) in [5, 5.41) is 2.68. The average Bonchev–Trinajstić information content (AvgIpc) is 2.74. The maximum Gasteiger partial charge on any atom is 0.264 e. The first kappa shape index (κ1) is 19.6. The predicted molar refractivity (Wildman–Crippen MR) is 104 cm³/mol. The maximum absolute atomic E-state index is 12.4. The molecule has 1 amide bonds. The molecule has 1 aromatic heterocycles. The Hall–Kier alpha value is -3.14. The van der Waals surface area contributed by atoms with Crippen LogP contribution in [0.25, 0.3) is 11.4 Å². The fraction of sp³-hybridized carbons (Fsp3) is 0.105. The lowest BCUT2D eigenvalue weighted by molar-refractivity contribution is -0.0258. The standard InChI is InChI=1S/C19H18N4O4S/c1-23(27-2)28(25,26)17-10-8-16(9-11-17)22-19(24)15-12-20-18(21-13-15)14-6-4-3-5-7-14/h3-13H,1-2H3,(H,22,24). The van der Waals surface area contributed by atoms with E-state index in [9.17, 15) is 13.2 Å². The first-order valence-corrected chi connectivity index (χ1v) is 9.68. The van der Waals surface area contributed by atoms with Crippen molar-refractivity contribution in [2.24, 2.45) is 0 Å². The highest BCUT2D eigenvalue weighted by atomic mass is 32.2. The second-order valence-electron chi connectivity index (χ2n) is 5.74. The minimum absolute atomic E-state index is 0.0467. The number of aromatic nitrogens is 2. The highest BCUT2D eigenvalue weighted by molar-refractivity contribution is 7.89. The molecule has 3 rings (SSSR count). The van der Waals surface area contributed by atoms with Crippen LogP contribution in [0.1, 0.15) is 10.4 Å². The van der Waals surface area contributed by atoms with Crippen LogP contribution in [0, 0.1) is 0 Å². The Kier molecular flexibility index (Phi) is 5.78. The van der Waals surface area contributed by atoms with Gasteiger partial charge >= 0.3 is 0 Å². The van der Waals surface area contributed by atoms with Gasteiger partial charge in [0.2, 0.25) is 0 Å². The van der Waals surface area contributed by atoms with Crippen LogP contribution < -0.4 is 5.32 Å². The van der Waals surface area contributed by atoms with Crippen LogP contribution in [0.4, 0.5) is 5.69 Å². The van der Waals surface area contributed by atoms with Crippen molar-refractivity contribution in [2.75, 3.05) is 19.5 Å². The molecule has 0 saturated heterocycles. The third-order valence-corrected chi connectivity index (χ3v) is 5.65. The van der Waals surface area contributed by atoms with Gasteiger partial charge in [-0.05, 0) is 24.3 Å². The van der Waals surface area contributed by atoms with E-state index >= 15 is 0 Å². The molecule has 0 aliphatic rings. The first-order chi connectivity index (χ1) is 13.4. The van der Waals surface area contributed by atoms with E-state index in [0.29, 0.717) is 11.5 Å². The molecule has 0 aliphatic carbocycles. The van der Waals surface area contributed by atoms with Gasteiger partial charge < -0.3 is 5.32 Å². The fourth-order valence-corrected chi connectivity index (χ4v) is 3.31. The molecule has 0 fully saturated rings. The van der Waals surface area contributed by atoms with Gasteiger partial charge in [0.1, 0.15) is 0 Å². The molecule has 0 radical (unpaired) electrons. The van der Waals surface area contributed by atoms with E-state index in [4.69, 9.17) is 4.84 Å². The Morgan fingerprint density at radius 1 is 1.00 bits per heavy atom. The van der Waals surface area contributed by atoms with Gasteiger partial charge in [-0.1, -0.05) is 34.8 Å². The highest BCUT2D eigenvalue weighted by Crippen LogP contribution is 2.18. The number of hydrogen-bond acceptors (Lipinski definition) is 6. The quantitative estimate of drug-likeness (QED) is 0.641. The third kappa shape index (κ3) is 4.22. The number of carbonyl (C=O) groups is 1. The van der Waals surface area contributed by atoms with Gasteiger partial charge in [-0.2, -0.15) is 0 Å². The Balaban J connectivity index is 1.71. The van der Waals surface area contributed by atoms with Gasteiger partial charge in [0, 0.05) is 30.7 Å². The number of carbonyl (C=O) groups excluding carboxylic acids is 1. The van der Waals surface area contributed by atoms with Crippen molar-refractivity contribution in [3.05, 3.63) is 72.6 Å². The van der Waals surface area contributed by atoms with E-state index in [1.807, 2.05) is 30.3 Å². The summed E-state index contributed by atoms with van der Waals surface area (Å²) in [6.45, 7) is 0. The van der Waals surface area contributed by atoms with Gasteiger partial charge in [-0.3, -0.25) is 9.63 Å². The molecule has 0 saturated carbocycles. The van der Waals surface area contributed by atoms with Crippen LogP contribution in [0.3, 0.4) is 0 Å². The van der Waals surface area contributed by atoms with Crippen LogP contribution in [0.15, 0.2) is 71.9 Å². The molecular weight excluding hydrogens is 380 g/mol. The van der Waals surface area contributed by atoms with Crippen molar-refractivity contribution in [1.29, 1.82) is 0 Å². The summed E-state index contributed by atoms with van der Waals surface area (Å²) < 4.78 is 25.1. The van der Waals surface area contributed by atoms with Gasteiger partial charge in [0.15, 0.2) is 5.82 Å². The molecular formula is C19H18N4O4S. The number of benzene rings is 2. The molecule has 9 heteroatoms. The highest BCUT2D eigenvalue weighted by Gasteiger charge is 2.20. The van der Waals surface area contributed by atoms with Crippen molar-refractivity contribution in [3.63, 3.8) is 0 Å². The van der Waals surface area contributed by atoms with E-state index in [1.165, 1.54) is 50.8 Å². The number of amides is 1. The summed E-state index contributed by atoms with van der Waals surface area (Å²) in [4.78, 5) is 25.6. The van der Waals surface area contributed by atoms with Crippen LogP contribution in [-0.4, -0.2) is 42.9 Å². The zero-order chi connectivity index (χ0) is 20.1. The Morgan fingerprint density at radius 2 is 1.61 bits per heavy atom. The lowest BCUT2D eigenvalue weighted by Crippen LogP contribution is -2.25. The summed E-state index contributed by atoms with van der Waals surface area (Å²) in [6, 6.07) is 15.2. The van der Waals surface area contributed by atoms with E-state index in [1.54, 1.807) is 0 Å². The number of nitrogens with zero attached hydrogens (tertiary/aromatic N) is 3. The molecule has 0 bridgehead atoms. The van der Waals surface area contributed by atoms with Crippen molar-refractivity contribution in [2.45, 2.75) is 4.90 Å². The van der Waals surface area contributed by atoms with Gasteiger partial charge in [0.05, 0.1) is 17.6 Å². The Labute approximate surface area is 162 Å². The molecule has 0 unspecified atom stereocenters. The van der Waals surface area contributed by atoms with Crippen LogP contribution in [-0.2, 0) is 14.9 Å². The summed E-state index contributed by atoms with van der Waals surface area (Å²) in [6.07, 6.45) is 2.88. The Bertz CT molecular complexity index is 1050. The molecule has 1 heterocycles. The van der Waals surface area contributed by atoms with E-state index in [-0.39, 0.29) is 10.5 Å². The molecule has 3 aromatic rings. The SMILES string of the molecule is CON(C)S(=O)(=O)c1ccc(NC(=O)c2cnc(-c3ccccc3)nc2)cc1. The normalized spacial score (nSPS) is 11.4. The van der Waals surface area contributed by atoms with Gasteiger partial charge in [0.25, 0.3) is 15.9 Å². The molecule has 0 atom stereocenters. The minimum Gasteiger partial charge on any atom is -0.322 e.